The third-order valence-corrected chi connectivity index (χ3v) is 16.6. The van der Waals surface area contributed by atoms with Crippen LogP contribution in [0.15, 0.2) is 0 Å². The maximum absolute atomic E-state index is 12.8. The molecule has 454 valence electrons. The normalized spacial score (nSPS) is 13.1. The molecule has 0 heterocycles. The molecular formula is C66H132NO8P. The first-order valence-corrected chi connectivity index (χ1v) is 35.2. The number of carbonyl (C=O) groups is 2. The number of ether oxygens (including phenoxy) is 2. The van der Waals surface area contributed by atoms with E-state index in [1.807, 2.05) is 21.1 Å². The molecule has 0 saturated heterocycles. The predicted octanol–water partition coefficient (Wildman–Crippen LogP) is 20.8. The largest absolute Gasteiger partial charge is 0.756 e. The molecule has 2 unspecified atom stereocenters. The highest BCUT2D eigenvalue weighted by Gasteiger charge is 2.22. The Balaban J connectivity index is 3.96. The second kappa shape index (κ2) is 58.7. The van der Waals surface area contributed by atoms with Crippen LogP contribution in [0.2, 0.25) is 0 Å². The maximum atomic E-state index is 12.8. The summed E-state index contributed by atoms with van der Waals surface area (Å²) in [5.74, 6) is -0.805. The number of esters is 2. The number of phosphoric ester groups is 1. The lowest BCUT2D eigenvalue weighted by molar-refractivity contribution is -0.870. The molecule has 0 aliphatic carbocycles. The van der Waals surface area contributed by atoms with Crippen LogP contribution in [0, 0.1) is 0 Å². The van der Waals surface area contributed by atoms with Crippen LogP contribution in [0.3, 0.4) is 0 Å². The zero-order valence-corrected chi connectivity index (χ0v) is 52.6. The molecule has 0 saturated carbocycles. The Morgan fingerprint density at radius 3 is 0.842 bits per heavy atom. The number of hydrogen-bond donors (Lipinski definition) is 0. The number of unbranched alkanes of at least 4 members (excludes halogenated alkanes) is 50. The van der Waals surface area contributed by atoms with E-state index < -0.39 is 26.5 Å². The Bertz CT molecular complexity index is 1240. The smallest absolute Gasteiger partial charge is 0.306 e. The van der Waals surface area contributed by atoms with E-state index in [0.29, 0.717) is 17.4 Å². The van der Waals surface area contributed by atoms with Crippen molar-refractivity contribution in [3.63, 3.8) is 0 Å². The number of likely N-dealkylation sites (N-methyl/N-ethyl adjacent to an activating group) is 1. The zero-order valence-electron chi connectivity index (χ0n) is 51.7. The summed E-state index contributed by atoms with van der Waals surface area (Å²) in [6, 6.07) is 0. The molecule has 0 aliphatic rings. The lowest BCUT2D eigenvalue weighted by Gasteiger charge is -2.28. The standard InChI is InChI=1S/C66H132NO8P/c1-6-8-10-12-14-16-18-20-22-24-26-28-29-30-31-32-33-34-35-36-37-38-39-41-43-45-47-49-51-53-55-57-59-66(69)75-64(63-74-76(70,71)73-61-60-67(3,4)5)62-72-65(68)58-56-54-52-50-48-46-44-42-40-27-25-23-21-19-17-15-13-11-9-7-2/h64H,6-63H2,1-5H3. The first kappa shape index (κ1) is 75.0. The van der Waals surface area contributed by atoms with Gasteiger partial charge in [0.05, 0.1) is 27.7 Å². The van der Waals surface area contributed by atoms with Gasteiger partial charge in [0.15, 0.2) is 6.10 Å². The minimum atomic E-state index is -4.63. The summed E-state index contributed by atoms with van der Waals surface area (Å²) in [5, 5.41) is 0. The predicted molar refractivity (Wildman–Crippen MR) is 324 cm³/mol. The lowest BCUT2D eigenvalue weighted by Crippen LogP contribution is -2.37. The highest BCUT2D eigenvalue weighted by Crippen LogP contribution is 2.38. The summed E-state index contributed by atoms with van der Waals surface area (Å²) in [7, 11) is 1.19. The van der Waals surface area contributed by atoms with E-state index in [4.69, 9.17) is 18.5 Å². The Hall–Kier alpha value is -0.990. The molecule has 0 aromatic carbocycles. The van der Waals surface area contributed by atoms with Crippen molar-refractivity contribution in [1.82, 2.24) is 0 Å². The van der Waals surface area contributed by atoms with E-state index in [9.17, 15) is 19.0 Å². The molecule has 2 atom stereocenters. The second-order valence-electron chi connectivity index (χ2n) is 24.6. The topological polar surface area (TPSA) is 111 Å². The Labute approximate surface area is 474 Å². The quantitative estimate of drug-likeness (QED) is 0.0256. The SMILES string of the molecule is CCCCCCCCCCCCCCCCCCCCCCCCCCCCCCCCCCC(=O)OC(COC(=O)CCCCCCCCCCCCCCCCCCCCCC)COP(=O)([O-])OCC[N+](C)(C)C. The minimum Gasteiger partial charge on any atom is -0.756 e. The third-order valence-electron chi connectivity index (χ3n) is 15.6. The number of phosphoric acid groups is 1. The van der Waals surface area contributed by atoms with Crippen molar-refractivity contribution >= 4 is 19.8 Å². The van der Waals surface area contributed by atoms with E-state index >= 15 is 0 Å². The molecule has 10 heteroatoms. The lowest BCUT2D eigenvalue weighted by atomic mass is 10.0. The first-order valence-electron chi connectivity index (χ1n) is 33.7. The van der Waals surface area contributed by atoms with Gasteiger partial charge in [-0.05, 0) is 12.8 Å². The van der Waals surface area contributed by atoms with Gasteiger partial charge >= 0.3 is 11.9 Å². The van der Waals surface area contributed by atoms with Crippen LogP contribution in [0.1, 0.15) is 361 Å². The molecule has 0 aromatic rings. The number of rotatable bonds is 64. The van der Waals surface area contributed by atoms with Crippen LogP contribution < -0.4 is 4.89 Å². The van der Waals surface area contributed by atoms with E-state index in [1.165, 1.54) is 295 Å². The first-order chi connectivity index (χ1) is 37.0. The Kier molecular flexibility index (Phi) is 57.9. The fraction of sp³-hybridized carbons (Fsp3) is 0.970. The highest BCUT2D eigenvalue weighted by atomic mass is 31.2. The average molecular weight is 1100 g/mol. The van der Waals surface area contributed by atoms with Gasteiger partial charge in [-0.15, -0.1) is 0 Å². The monoisotopic (exact) mass is 1100 g/mol. The summed E-state index contributed by atoms with van der Waals surface area (Å²) in [6.07, 6.45) is 69.0. The van der Waals surface area contributed by atoms with Crippen molar-refractivity contribution in [1.29, 1.82) is 0 Å². The highest BCUT2D eigenvalue weighted by molar-refractivity contribution is 7.45. The number of hydrogen-bond acceptors (Lipinski definition) is 8. The fourth-order valence-electron chi connectivity index (χ4n) is 10.4. The van der Waals surface area contributed by atoms with Crippen LogP contribution in [0.5, 0.6) is 0 Å². The van der Waals surface area contributed by atoms with Crippen LogP contribution in [-0.4, -0.2) is 70.0 Å². The van der Waals surface area contributed by atoms with Crippen molar-refractivity contribution in [3.05, 3.63) is 0 Å². The number of nitrogens with zero attached hydrogens (tertiary/aromatic N) is 1. The molecular weight excluding hydrogens is 966 g/mol. The molecule has 0 bridgehead atoms. The van der Waals surface area contributed by atoms with Crippen molar-refractivity contribution < 1.29 is 42.1 Å². The molecule has 9 nitrogen and oxygen atoms in total. The van der Waals surface area contributed by atoms with Crippen molar-refractivity contribution in [2.45, 2.75) is 367 Å². The van der Waals surface area contributed by atoms with Gasteiger partial charge in [0.2, 0.25) is 0 Å². The van der Waals surface area contributed by atoms with Gasteiger partial charge in [-0.25, -0.2) is 0 Å². The summed E-state index contributed by atoms with van der Waals surface area (Å²) in [4.78, 5) is 38.0. The molecule has 0 spiro atoms. The van der Waals surface area contributed by atoms with Crippen LogP contribution in [-0.2, 0) is 32.7 Å². The van der Waals surface area contributed by atoms with Gasteiger partial charge in [0.25, 0.3) is 7.82 Å². The average Bonchev–Trinajstić information content (AvgIpc) is 3.38. The van der Waals surface area contributed by atoms with Gasteiger partial charge in [0.1, 0.15) is 19.8 Å². The van der Waals surface area contributed by atoms with Gasteiger partial charge in [-0.3, -0.25) is 14.2 Å². The summed E-state index contributed by atoms with van der Waals surface area (Å²) in [5.41, 5.74) is 0. The molecule has 0 amide bonds. The van der Waals surface area contributed by atoms with E-state index in [0.717, 1.165) is 32.1 Å². The second-order valence-corrected chi connectivity index (χ2v) is 26.0. The number of carbonyl (C=O) groups excluding carboxylic acids is 2. The van der Waals surface area contributed by atoms with E-state index in [-0.39, 0.29) is 32.0 Å². The van der Waals surface area contributed by atoms with Gasteiger partial charge < -0.3 is 27.9 Å². The van der Waals surface area contributed by atoms with Crippen molar-refractivity contribution in [2.75, 3.05) is 47.5 Å². The molecule has 0 aromatic heterocycles. The molecule has 0 N–H and O–H groups in total. The van der Waals surface area contributed by atoms with Crippen LogP contribution >= 0.6 is 7.82 Å². The van der Waals surface area contributed by atoms with Crippen molar-refractivity contribution in [2.24, 2.45) is 0 Å². The summed E-state index contributed by atoms with van der Waals surface area (Å²) < 4.78 is 34.3. The van der Waals surface area contributed by atoms with E-state index in [1.54, 1.807) is 0 Å². The van der Waals surface area contributed by atoms with Crippen LogP contribution in [0.4, 0.5) is 0 Å². The summed E-state index contributed by atoms with van der Waals surface area (Å²) >= 11 is 0. The number of quaternary nitrogens is 1. The maximum Gasteiger partial charge on any atom is 0.306 e. The fourth-order valence-corrected chi connectivity index (χ4v) is 11.2. The van der Waals surface area contributed by atoms with Crippen molar-refractivity contribution in [3.8, 4) is 0 Å². The minimum absolute atomic E-state index is 0.0249. The molecule has 76 heavy (non-hydrogen) atoms. The molecule has 0 radical (unpaired) electrons. The van der Waals surface area contributed by atoms with E-state index in [2.05, 4.69) is 13.8 Å². The van der Waals surface area contributed by atoms with Gasteiger partial charge in [-0.1, -0.05) is 335 Å². The van der Waals surface area contributed by atoms with Gasteiger partial charge in [-0.2, -0.15) is 0 Å². The zero-order chi connectivity index (χ0) is 55.6. The third kappa shape index (κ3) is 62.2. The molecule has 0 fully saturated rings. The molecule has 0 rings (SSSR count). The van der Waals surface area contributed by atoms with Crippen LogP contribution in [0.25, 0.3) is 0 Å². The Morgan fingerprint density at radius 1 is 0.355 bits per heavy atom. The summed E-state index contributed by atoms with van der Waals surface area (Å²) in [6.45, 7) is 4.33. The molecule has 0 aliphatic heterocycles. The van der Waals surface area contributed by atoms with Gasteiger partial charge in [0, 0.05) is 12.8 Å². The Morgan fingerprint density at radius 2 is 0.592 bits per heavy atom.